The molecule has 18 heavy (non-hydrogen) atoms. The topological polar surface area (TPSA) is 35.5 Å². The van der Waals surface area contributed by atoms with Crippen LogP contribution < -0.4 is 0 Å². The first kappa shape index (κ1) is 18.1. The molecular weight excluding hydrogens is 247 g/mol. The lowest BCUT2D eigenvalue weighted by Gasteiger charge is -2.22. The van der Waals surface area contributed by atoms with E-state index < -0.39 is 7.60 Å². The third-order valence-corrected chi connectivity index (χ3v) is 5.11. The maximum atomic E-state index is 12.4. The zero-order valence-corrected chi connectivity index (χ0v) is 13.5. The Labute approximate surface area is 113 Å². The van der Waals surface area contributed by atoms with E-state index in [1.807, 2.05) is 13.8 Å². The molecule has 0 fully saturated rings. The first-order valence-corrected chi connectivity index (χ1v) is 9.22. The first-order chi connectivity index (χ1) is 8.58. The van der Waals surface area contributed by atoms with Crippen LogP contribution in [0.3, 0.4) is 0 Å². The zero-order chi connectivity index (χ0) is 13.9. The molecule has 0 N–H and O–H groups in total. The van der Waals surface area contributed by atoms with Crippen molar-refractivity contribution in [3.8, 4) is 0 Å². The van der Waals surface area contributed by atoms with Crippen molar-refractivity contribution in [2.45, 2.75) is 78.7 Å². The summed E-state index contributed by atoms with van der Waals surface area (Å²) in [6, 6.07) is 0. The van der Waals surface area contributed by atoms with E-state index in [-0.39, 0.29) is 6.10 Å². The predicted octanol–water partition coefficient (Wildman–Crippen LogP) is 5.39. The van der Waals surface area contributed by atoms with E-state index >= 15 is 0 Å². The van der Waals surface area contributed by atoms with Gasteiger partial charge in [-0.25, -0.2) is 0 Å². The van der Waals surface area contributed by atoms with Gasteiger partial charge in [0.15, 0.2) is 0 Å². The van der Waals surface area contributed by atoms with Crippen LogP contribution in [0.2, 0.25) is 0 Å². The van der Waals surface area contributed by atoms with Crippen LogP contribution in [0.1, 0.15) is 72.6 Å². The van der Waals surface area contributed by atoms with E-state index in [1.54, 1.807) is 0 Å². The standard InChI is InChI=1S/C14H31O3P/c1-5-8-10-11-12-14(4)17-18(15,16-7-3)13-9-6-2/h14H,5-13H2,1-4H3. The second kappa shape index (κ2) is 11.0. The van der Waals surface area contributed by atoms with E-state index in [0.29, 0.717) is 12.8 Å². The van der Waals surface area contributed by atoms with Gasteiger partial charge >= 0.3 is 7.60 Å². The minimum atomic E-state index is -2.85. The molecule has 0 aliphatic heterocycles. The van der Waals surface area contributed by atoms with Crippen molar-refractivity contribution in [1.82, 2.24) is 0 Å². The number of unbranched alkanes of at least 4 members (excludes halogenated alkanes) is 4. The van der Waals surface area contributed by atoms with Gasteiger partial charge in [-0.05, 0) is 26.7 Å². The van der Waals surface area contributed by atoms with Gasteiger partial charge in [-0.15, -0.1) is 0 Å². The molecule has 2 unspecified atom stereocenters. The quantitative estimate of drug-likeness (QED) is 0.354. The van der Waals surface area contributed by atoms with Crippen LogP contribution in [0.5, 0.6) is 0 Å². The molecule has 3 nitrogen and oxygen atoms in total. The van der Waals surface area contributed by atoms with Gasteiger partial charge in [0.2, 0.25) is 0 Å². The normalized spacial score (nSPS) is 16.4. The predicted molar refractivity (Wildman–Crippen MR) is 78.3 cm³/mol. The summed E-state index contributed by atoms with van der Waals surface area (Å²) in [6.45, 7) is 8.62. The average Bonchev–Trinajstić information content (AvgIpc) is 2.32. The molecule has 0 aliphatic carbocycles. The van der Waals surface area contributed by atoms with E-state index in [4.69, 9.17) is 9.05 Å². The minimum absolute atomic E-state index is 0.0381. The second-order valence-electron chi connectivity index (χ2n) is 4.87. The van der Waals surface area contributed by atoms with Crippen molar-refractivity contribution in [2.75, 3.05) is 12.8 Å². The van der Waals surface area contributed by atoms with Crippen molar-refractivity contribution >= 4 is 7.60 Å². The summed E-state index contributed by atoms with van der Waals surface area (Å²) in [4.78, 5) is 0. The molecule has 0 aromatic carbocycles. The van der Waals surface area contributed by atoms with Crippen LogP contribution in [-0.2, 0) is 13.6 Å². The highest BCUT2D eigenvalue weighted by molar-refractivity contribution is 7.53. The maximum Gasteiger partial charge on any atom is 0.330 e. The fourth-order valence-electron chi connectivity index (χ4n) is 1.88. The van der Waals surface area contributed by atoms with Gasteiger partial charge in [0, 0.05) is 0 Å². The van der Waals surface area contributed by atoms with Crippen LogP contribution in [0.25, 0.3) is 0 Å². The molecule has 0 aromatic rings. The van der Waals surface area contributed by atoms with E-state index in [9.17, 15) is 4.57 Å². The Balaban J connectivity index is 4.01. The Hall–Kier alpha value is 0.150. The molecule has 0 bridgehead atoms. The molecule has 0 saturated heterocycles. The van der Waals surface area contributed by atoms with Gasteiger partial charge in [0.1, 0.15) is 0 Å². The molecule has 0 aliphatic rings. The fraction of sp³-hybridized carbons (Fsp3) is 1.00. The molecule has 0 radical (unpaired) electrons. The van der Waals surface area contributed by atoms with Crippen molar-refractivity contribution in [3.05, 3.63) is 0 Å². The summed E-state index contributed by atoms with van der Waals surface area (Å²) in [6.07, 6.45) is 8.38. The lowest BCUT2D eigenvalue weighted by molar-refractivity contribution is 0.153. The number of hydrogen-bond donors (Lipinski definition) is 0. The first-order valence-electron chi connectivity index (χ1n) is 7.50. The Morgan fingerprint density at radius 1 is 1.00 bits per heavy atom. The van der Waals surface area contributed by atoms with Gasteiger partial charge in [-0.3, -0.25) is 4.57 Å². The third-order valence-electron chi connectivity index (χ3n) is 2.92. The molecule has 4 heteroatoms. The van der Waals surface area contributed by atoms with Crippen molar-refractivity contribution in [2.24, 2.45) is 0 Å². The monoisotopic (exact) mass is 278 g/mol. The van der Waals surface area contributed by atoms with Gasteiger partial charge in [0.25, 0.3) is 0 Å². The summed E-state index contributed by atoms with van der Waals surface area (Å²) in [5, 5.41) is 0. The van der Waals surface area contributed by atoms with Gasteiger partial charge < -0.3 is 9.05 Å². The fourth-order valence-corrected chi connectivity index (χ4v) is 3.93. The SMILES string of the molecule is CCCCCCC(C)OP(=O)(CCCC)OCC. The largest absolute Gasteiger partial charge is 0.330 e. The molecule has 0 saturated carbocycles. The Kier molecular flexibility index (Phi) is 11.1. The van der Waals surface area contributed by atoms with E-state index in [2.05, 4.69) is 13.8 Å². The van der Waals surface area contributed by atoms with E-state index in [0.717, 1.165) is 25.7 Å². The van der Waals surface area contributed by atoms with Crippen LogP contribution in [0, 0.1) is 0 Å². The summed E-state index contributed by atoms with van der Waals surface area (Å²) in [5.41, 5.74) is 0. The Bertz CT molecular complexity index is 231. The molecule has 0 rings (SSSR count). The lowest BCUT2D eigenvalue weighted by atomic mass is 10.1. The van der Waals surface area contributed by atoms with Gasteiger partial charge in [0.05, 0.1) is 18.9 Å². The number of hydrogen-bond acceptors (Lipinski definition) is 3. The summed E-state index contributed by atoms with van der Waals surface area (Å²) >= 11 is 0. The molecule has 0 aromatic heterocycles. The summed E-state index contributed by atoms with van der Waals surface area (Å²) in [5.74, 6) is 0. The highest BCUT2D eigenvalue weighted by Crippen LogP contribution is 2.50. The third kappa shape index (κ3) is 9.13. The van der Waals surface area contributed by atoms with Crippen molar-refractivity contribution in [1.29, 1.82) is 0 Å². The molecular formula is C14H31O3P. The maximum absolute atomic E-state index is 12.4. The molecule has 2 atom stereocenters. The molecule has 0 spiro atoms. The highest BCUT2D eigenvalue weighted by Gasteiger charge is 2.25. The Morgan fingerprint density at radius 3 is 2.22 bits per heavy atom. The summed E-state index contributed by atoms with van der Waals surface area (Å²) < 4.78 is 23.5. The molecule has 0 heterocycles. The summed E-state index contributed by atoms with van der Waals surface area (Å²) in [7, 11) is -2.85. The van der Waals surface area contributed by atoms with Crippen LogP contribution in [0.15, 0.2) is 0 Å². The van der Waals surface area contributed by atoms with Gasteiger partial charge in [-0.2, -0.15) is 0 Å². The number of rotatable bonds is 12. The van der Waals surface area contributed by atoms with Crippen LogP contribution in [0.4, 0.5) is 0 Å². The van der Waals surface area contributed by atoms with Crippen molar-refractivity contribution in [3.63, 3.8) is 0 Å². The van der Waals surface area contributed by atoms with Gasteiger partial charge in [-0.1, -0.05) is 46.0 Å². The zero-order valence-electron chi connectivity index (χ0n) is 12.6. The minimum Gasteiger partial charge on any atom is -0.309 e. The van der Waals surface area contributed by atoms with Crippen LogP contribution >= 0.6 is 7.60 Å². The molecule has 0 amide bonds. The smallest absolute Gasteiger partial charge is 0.309 e. The second-order valence-corrected chi connectivity index (χ2v) is 7.01. The lowest BCUT2D eigenvalue weighted by Crippen LogP contribution is -2.10. The highest BCUT2D eigenvalue weighted by atomic mass is 31.2. The van der Waals surface area contributed by atoms with E-state index in [1.165, 1.54) is 19.3 Å². The van der Waals surface area contributed by atoms with Crippen molar-refractivity contribution < 1.29 is 13.6 Å². The van der Waals surface area contributed by atoms with Crippen LogP contribution in [-0.4, -0.2) is 18.9 Å². The molecule has 110 valence electrons. The average molecular weight is 278 g/mol. The Morgan fingerprint density at radius 2 is 1.67 bits per heavy atom.